The average molecular weight is 396 g/mol. The molecule has 2 amide bonds. The highest BCUT2D eigenvalue weighted by atomic mass is 19.1. The maximum Gasteiger partial charge on any atom is 0.319 e. The molecule has 4 rings (SSSR count). The molecule has 150 valence electrons. The molecule has 29 heavy (non-hydrogen) atoms. The van der Waals surface area contributed by atoms with E-state index in [0.717, 1.165) is 5.56 Å². The molecule has 0 radical (unpaired) electrons. The Bertz CT molecular complexity index is 992. The van der Waals surface area contributed by atoms with Gasteiger partial charge in [-0.25, -0.2) is 14.2 Å². The van der Waals surface area contributed by atoms with Crippen molar-refractivity contribution in [2.24, 2.45) is 0 Å². The van der Waals surface area contributed by atoms with Gasteiger partial charge in [0.25, 0.3) is 0 Å². The molecule has 0 spiro atoms. The fourth-order valence-electron chi connectivity index (χ4n) is 3.27. The van der Waals surface area contributed by atoms with Crippen molar-refractivity contribution in [2.75, 3.05) is 18.7 Å². The van der Waals surface area contributed by atoms with Gasteiger partial charge in [-0.1, -0.05) is 12.1 Å². The number of carbonyl (C=O) groups excluding carboxylic acids is 1. The molecule has 2 aromatic carbocycles. The minimum Gasteiger partial charge on any atom is -0.467 e. The van der Waals surface area contributed by atoms with Gasteiger partial charge < -0.3 is 24.7 Å². The second-order valence-corrected chi connectivity index (χ2v) is 6.73. The molecule has 2 heterocycles. The van der Waals surface area contributed by atoms with Crippen molar-refractivity contribution in [3.63, 3.8) is 0 Å². The SMILES string of the molecule is O=C(NCCc1cc(F)cc2c1OCOC2)Nc1cccc(Cn2ccnc2)c1. The summed E-state index contributed by atoms with van der Waals surface area (Å²) in [4.78, 5) is 16.2. The number of ether oxygens (including phenoxy) is 2. The van der Waals surface area contributed by atoms with Crippen molar-refractivity contribution < 1.29 is 18.7 Å². The standard InChI is InChI=1S/C21H21FN4O3/c22-18-9-16(20-17(10-18)12-28-14-29-20)4-5-24-21(27)25-19-3-1-2-15(8-19)11-26-7-6-23-13-26/h1-3,6-10,13H,4-5,11-12,14H2,(H2,24,25,27). The number of nitrogens with one attached hydrogen (secondary N) is 2. The molecule has 0 aliphatic carbocycles. The maximum absolute atomic E-state index is 13.8. The summed E-state index contributed by atoms with van der Waals surface area (Å²) in [7, 11) is 0. The van der Waals surface area contributed by atoms with E-state index in [1.807, 2.05) is 35.0 Å². The molecule has 1 aliphatic rings. The highest BCUT2D eigenvalue weighted by Crippen LogP contribution is 2.29. The normalized spacial score (nSPS) is 12.7. The van der Waals surface area contributed by atoms with Crippen molar-refractivity contribution in [3.05, 3.63) is 77.6 Å². The highest BCUT2D eigenvalue weighted by Gasteiger charge is 2.17. The van der Waals surface area contributed by atoms with Crippen LogP contribution in [0.2, 0.25) is 0 Å². The molecule has 0 saturated heterocycles. The average Bonchev–Trinajstić information content (AvgIpc) is 3.21. The van der Waals surface area contributed by atoms with Crippen molar-refractivity contribution >= 4 is 11.7 Å². The van der Waals surface area contributed by atoms with Gasteiger partial charge in [-0.15, -0.1) is 0 Å². The topological polar surface area (TPSA) is 77.4 Å². The van der Waals surface area contributed by atoms with Gasteiger partial charge in [-0.2, -0.15) is 0 Å². The third-order valence-corrected chi connectivity index (χ3v) is 4.54. The quantitative estimate of drug-likeness (QED) is 0.670. The molecule has 1 aliphatic heterocycles. The summed E-state index contributed by atoms with van der Waals surface area (Å²) in [6.45, 7) is 1.49. The number of hydrogen-bond acceptors (Lipinski definition) is 4. The van der Waals surface area contributed by atoms with Crippen LogP contribution in [0.1, 0.15) is 16.7 Å². The van der Waals surface area contributed by atoms with E-state index in [1.54, 1.807) is 12.5 Å². The number of carbonyl (C=O) groups is 1. The van der Waals surface area contributed by atoms with Crippen LogP contribution in [0, 0.1) is 5.82 Å². The van der Waals surface area contributed by atoms with Crippen LogP contribution in [0.3, 0.4) is 0 Å². The first-order valence-corrected chi connectivity index (χ1v) is 9.29. The summed E-state index contributed by atoms with van der Waals surface area (Å²) in [5, 5.41) is 5.62. The van der Waals surface area contributed by atoms with Crippen molar-refractivity contribution in [1.29, 1.82) is 0 Å². The third-order valence-electron chi connectivity index (χ3n) is 4.54. The lowest BCUT2D eigenvalue weighted by atomic mass is 10.1. The number of imidazole rings is 1. The summed E-state index contributed by atoms with van der Waals surface area (Å²) in [5.41, 5.74) is 3.15. The molecule has 3 aromatic rings. The van der Waals surface area contributed by atoms with Gasteiger partial charge in [0.05, 0.1) is 12.9 Å². The van der Waals surface area contributed by atoms with E-state index in [9.17, 15) is 9.18 Å². The molecular weight excluding hydrogens is 375 g/mol. The van der Waals surface area contributed by atoms with E-state index in [-0.39, 0.29) is 18.6 Å². The highest BCUT2D eigenvalue weighted by molar-refractivity contribution is 5.89. The first-order chi connectivity index (χ1) is 14.2. The Morgan fingerprint density at radius 1 is 1.28 bits per heavy atom. The van der Waals surface area contributed by atoms with Crippen LogP contribution in [0.15, 0.2) is 55.1 Å². The van der Waals surface area contributed by atoms with Crippen LogP contribution in [0.4, 0.5) is 14.9 Å². The minimum absolute atomic E-state index is 0.148. The lowest BCUT2D eigenvalue weighted by molar-refractivity contribution is -0.0172. The third kappa shape index (κ3) is 4.91. The van der Waals surface area contributed by atoms with E-state index < -0.39 is 0 Å². The Morgan fingerprint density at radius 2 is 2.21 bits per heavy atom. The summed E-state index contributed by atoms with van der Waals surface area (Å²) in [6, 6.07) is 10.1. The zero-order valence-corrected chi connectivity index (χ0v) is 15.7. The van der Waals surface area contributed by atoms with E-state index >= 15 is 0 Å². The fourth-order valence-corrected chi connectivity index (χ4v) is 3.27. The Hall–Kier alpha value is -3.39. The number of rotatable bonds is 6. The Balaban J connectivity index is 1.31. The predicted molar refractivity (Wildman–Crippen MR) is 105 cm³/mol. The Morgan fingerprint density at radius 3 is 3.07 bits per heavy atom. The van der Waals surface area contributed by atoms with E-state index in [2.05, 4.69) is 15.6 Å². The Labute approximate surface area is 167 Å². The largest absolute Gasteiger partial charge is 0.467 e. The van der Waals surface area contributed by atoms with Crippen molar-refractivity contribution in [3.8, 4) is 5.75 Å². The van der Waals surface area contributed by atoms with Gasteiger partial charge in [0.1, 0.15) is 11.6 Å². The first-order valence-electron chi connectivity index (χ1n) is 9.29. The zero-order chi connectivity index (χ0) is 20.1. The van der Waals surface area contributed by atoms with Crippen LogP contribution in [-0.2, 0) is 24.3 Å². The molecule has 0 fully saturated rings. The molecule has 8 heteroatoms. The van der Waals surface area contributed by atoms with Gasteiger partial charge in [-0.3, -0.25) is 0 Å². The lowest BCUT2D eigenvalue weighted by Gasteiger charge is -2.21. The van der Waals surface area contributed by atoms with Gasteiger partial charge >= 0.3 is 6.03 Å². The van der Waals surface area contributed by atoms with Gasteiger partial charge in [0.2, 0.25) is 0 Å². The van der Waals surface area contributed by atoms with E-state index in [0.29, 0.717) is 48.7 Å². The molecule has 0 unspecified atom stereocenters. The number of fused-ring (bicyclic) bond motifs is 1. The molecule has 7 nitrogen and oxygen atoms in total. The molecule has 2 N–H and O–H groups in total. The van der Waals surface area contributed by atoms with Crippen LogP contribution >= 0.6 is 0 Å². The van der Waals surface area contributed by atoms with Gasteiger partial charge in [0, 0.05) is 36.7 Å². The molecule has 0 atom stereocenters. The predicted octanol–water partition coefficient (Wildman–Crippen LogP) is 3.30. The van der Waals surface area contributed by atoms with Crippen LogP contribution < -0.4 is 15.4 Å². The lowest BCUT2D eigenvalue weighted by Crippen LogP contribution is -2.30. The number of halogens is 1. The monoisotopic (exact) mass is 396 g/mol. The molecule has 0 bridgehead atoms. The van der Waals surface area contributed by atoms with Gasteiger partial charge in [-0.05, 0) is 41.8 Å². The summed E-state index contributed by atoms with van der Waals surface area (Å²) in [5.74, 6) is 0.305. The van der Waals surface area contributed by atoms with Crippen LogP contribution in [-0.4, -0.2) is 28.9 Å². The van der Waals surface area contributed by atoms with Crippen molar-refractivity contribution in [1.82, 2.24) is 14.9 Å². The smallest absolute Gasteiger partial charge is 0.319 e. The second-order valence-electron chi connectivity index (χ2n) is 6.73. The van der Waals surface area contributed by atoms with Crippen molar-refractivity contribution in [2.45, 2.75) is 19.6 Å². The number of nitrogens with zero attached hydrogens (tertiary/aromatic N) is 2. The van der Waals surface area contributed by atoms with Crippen LogP contribution in [0.25, 0.3) is 0 Å². The second kappa shape index (κ2) is 8.74. The number of anilines is 1. The number of urea groups is 1. The number of amides is 2. The number of aromatic nitrogens is 2. The molecule has 1 aromatic heterocycles. The van der Waals surface area contributed by atoms with Crippen LogP contribution in [0.5, 0.6) is 5.75 Å². The zero-order valence-electron chi connectivity index (χ0n) is 15.7. The summed E-state index contributed by atoms with van der Waals surface area (Å²) < 4.78 is 26.4. The maximum atomic E-state index is 13.8. The summed E-state index contributed by atoms with van der Waals surface area (Å²) >= 11 is 0. The Kier molecular flexibility index (Phi) is 5.71. The minimum atomic E-state index is -0.341. The number of hydrogen-bond donors (Lipinski definition) is 2. The summed E-state index contributed by atoms with van der Waals surface area (Å²) in [6.07, 6.45) is 5.80. The fraction of sp³-hybridized carbons (Fsp3) is 0.238. The molecular formula is C21H21FN4O3. The molecule has 0 saturated carbocycles. The van der Waals surface area contributed by atoms with E-state index in [4.69, 9.17) is 9.47 Å². The van der Waals surface area contributed by atoms with E-state index in [1.165, 1.54) is 12.1 Å². The van der Waals surface area contributed by atoms with Gasteiger partial charge in [0.15, 0.2) is 6.79 Å². The number of benzene rings is 2. The first kappa shape index (κ1) is 18.9.